The van der Waals surface area contributed by atoms with E-state index in [-0.39, 0.29) is 24.3 Å². The van der Waals surface area contributed by atoms with Gasteiger partial charge in [0.05, 0.1) is 17.9 Å². The summed E-state index contributed by atoms with van der Waals surface area (Å²) in [5.74, 6) is -1.32. The molecule has 140 valence electrons. The largest absolute Gasteiger partial charge is 0.481 e. The summed E-state index contributed by atoms with van der Waals surface area (Å²) in [6.45, 7) is 0.969. The molecule has 1 aliphatic carbocycles. The van der Waals surface area contributed by atoms with Crippen molar-refractivity contribution < 1.29 is 19.5 Å². The van der Waals surface area contributed by atoms with E-state index in [9.17, 15) is 14.4 Å². The van der Waals surface area contributed by atoms with Crippen molar-refractivity contribution in [3.8, 4) is 0 Å². The SMILES string of the molecule is O=C(O)CC1(NC(=O)C2CCCN(C(=O)Nc3ccccc3)C2)CCC1. The third-order valence-electron chi connectivity index (χ3n) is 5.29. The van der Waals surface area contributed by atoms with E-state index < -0.39 is 11.5 Å². The van der Waals surface area contributed by atoms with Crippen molar-refractivity contribution in [2.24, 2.45) is 5.92 Å². The lowest BCUT2D eigenvalue weighted by molar-refractivity contribution is -0.141. The molecule has 26 heavy (non-hydrogen) atoms. The number of carbonyl (C=O) groups excluding carboxylic acids is 2. The summed E-state index contributed by atoms with van der Waals surface area (Å²) in [6, 6.07) is 9.00. The molecule has 1 aromatic rings. The molecule has 3 N–H and O–H groups in total. The molecule has 0 aromatic heterocycles. The molecule has 1 heterocycles. The Morgan fingerprint density at radius 2 is 1.88 bits per heavy atom. The Kier molecular flexibility index (Phi) is 5.44. The normalized spacial score (nSPS) is 21.4. The van der Waals surface area contributed by atoms with Crippen LogP contribution in [-0.4, -0.2) is 46.5 Å². The molecule has 3 rings (SSSR count). The van der Waals surface area contributed by atoms with Gasteiger partial charge in [-0.1, -0.05) is 18.2 Å². The minimum Gasteiger partial charge on any atom is -0.481 e. The molecule has 2 fully saturated rings. The second kappa shape index (κ2) is 7.76. The number of hydrogen-bond donors (Lipinski definition) is 3. The fourth-order valence-corrected chi connectivity index (χ4v) is 3.70. The van der Waals surface area contributed by atoms with Gasteiger partial charge in [0.1, 0.15) is 0 Å². The van der Waals surface area contributed by atoms with Gasteiger partial charge in [-0.2, -0.15) is 0 Å². The van der Waals surface area contributed by atoms with Crippen molar-refractivity contribution in [2.45, 2.75) is 44.1 Å². The van der Waals surface area contributed by atoms with Crippen molar-refractivity contribution in [3.05, 3.63) is 30.3 Å². The van der Waals surface area contributed by atoms with Crippen LogP contribution in [0.2, 0.25) is 0 Å². The minimum atomic E-state index is -0.891. The predicted octanol–water partition coefficient (Wildman–Crippen LogP) is 2.44. The van der Waals surface area contributed by atoms with Crippen molar-refractivity contribution in [1.29, 1.82) is 0 Å². The van der Waals surface area contributed by atoms with Crippen LogP contribution >= 0.6 is 0 Å². The quantitative estimate of drug-likeness (QED) is 0.752. The van der Waals surface area contributed by atoms with E-state index >= 15 is 0 Å². The van der Waals surface area contributed by atoms with Gasteiger partial charge in [0.15, 0.2) is 0 Å². The van der Waals surface area contributed by atoms with Crippen LogP contribution in [0.4, 0.5) is 10.5 Å². The van der Waals surface area contributed by atoms with Crippen molar-refractivity contribution in [1.82, 2.24) is 10.2 Å². The number of benzene rings is 1. The van der Waals surface area contributed by atoms with Crippen molar-refractivity contribution in [3.63, 3.8) is 0 Å². The average Bonchev–Trinajstić information content (AvgIpc) is 2.60. The summed E-state index contributed by atoms with van der Waals surface area (Å²) in [5, 5.41) is 14.9. The Morgan fingerprint density at radius 1 is 1.15 bits per heavy atom. The number of rotatable bonds is 5. The number of hydrogen-bond acceptors (Lipinski definition) is 3. The number of nitrogens with one attached hydrogen (secondary N) is 2. The van der Waals surface area contributed by atoms with E-state index in [1.807, 2.05) is 30.3 Å². The summed E-state index contributed by atoms with van der Waals surface area (Å²) in [5.41, 5.74) is 0.122. The summed E-state index contributed by atoms with van der Waals surface area (Å²) < 4.78 is 0. The molecule has 1 saturated carbocycles. The smallest absolute Gasteiger partial charge is 0.321 e. The molecule has 1 aromatic carbocycles. The average molecular weight is 359 g/mol. The molecule has 1 atom stereocenters. The summed E-state index contributed by atoms with van der Waals surface area (Å²) >= 11 is 0. The van der Waals surface area contributed by atoms with Crippen molar-refractivity contribution in [2.75, 3.05) is 18.4 Å². The van der Waals surface area contributed by atoms with E-state index in [2.05, 4.69) is 10.6 Å². The highest BCUT2D eigenvalue weighted by atomic mass is 16.4. The molecular weight excluding hydrogens is 334 g/mol. The maximum absolute atomic E-state index is 12.7. The van der Waals surface area contributed by atoms with E-state index in [1.165, 1.54) is 0 Å². The van der Waals surface area contributed by atoms with Gasteiger partial charge in [0.2, 0.25) is 5.91 Å². The number of likely N-dealkylation sites (tertiary alicyclic amines) is 1. The third kappa shape index (κ3) is 4.33. The van der Waals surface area contributed by atoms with Gasteiger partial charge in [0.25, 0.3) is 0 Å². The molecule has 7 heteroatoms. The number of aliphatic carboxylic acids is 1. The zero-order valence-electron chi connectivity index (χ0n) is 14.7. The van der Waals surface area contributed by atoms with Crippen LogP contribution < -0.4 is 10.6 Å². The standard InChI is InChI=1S/C19H25N3O4/c23-16(24)12-19(9-5-10-19)21-17(25)14-6-4-11-22(13-14)18(26)20-15-7-2-1-3-8-15/h1-3,7-8,14H,4-6,9-13H2,(H,20,26)(H,21,25)(H,23,24). The number of piperidine rings is 1. The van der Waals surface area contributed by atoms with Crippen LogP contribution in [0.3, 0.4) is 0 Å². The first-order valence-corrected chi connectivity index (χ1v) is 9.12. The van der Waals surface area contributed by atoms with Crippen LogP contribution in [0.5, 0.6) is 0 Å². The van der Waals surface area contributed by atoms with Gasteiger partial charge < -0.3 is 20.6 Å². The van der Waals surface area contributed by atoms with Gasteiger partial charge in [-0.15, -0.1) is 0 Å². The molecular formula is C19H25N3O4. The number of anilines is 1. The fraction of sp³-hybridized carbons (Fsp3) is 0.526. The van der Waals surface area contributed by atoms with Crippen LogP contribution in [-0.2, 0) is 9.59 Å². The van der Waals surface area contributed by atoms with Crippen LogP contribution in [0.1, 0.15) is 38.5 Å². The van der Waals surface area contributed by atoms with E-state index in [1.54, 1.807) is 4.90 Å². The summed E-state index contributed by atoms with van der Waals surface area (Å²) in [6.07, 6.45) is 3.77. The summed E-state index contributed by atoms with van der Waals surface area (Å²) in [4.78, 5) is 37.8. The number of para-hydroxylation sites is 1. The maximum Gasteiger partial charge on any atom is 0.321 e. The second-order valence-corrected chi connectivity index (χ2v) is 7.27. The van der Waals surface area contributed by atoms with E-state index in [0.29, 0.717) is 32.4 Å². The highest BCUT2D eigenvalue weighted by molar-refractivity contribution is 5.90. The first kappa shape index (κ1) is 18.2. The molecule has 0 bridgehead atoms. The lowest BCUT2D eigenvalue weighted by Gasteiger charge is -2.43. The van der Waals surface area contributed by atoms with Crippen LogP contribution in [0, 0.1) is 5.92 Å². The van der Waals surface area contributed by atoms with Gasteiger partial charge in [-0.05, 0) is 44.2 Å². The Balaban J connectivity index is 1.56. The molecule has 0 radical (unpaired) electrons. The number of carbonyl (C=O) groups is 3. The molecule has 3 amide bonds. The number of urea groups is 1. The molecule has 2 aliphatic rings. The Morgan fingerprint density at radius 3 is 2.50 bits per heavy atom. The molecule has 7 nitrogen and oxygen atoms in total. The monoisotopic (exact) mass is 359 g/mol. The second-order valence-electron chi connectivity index (χ2n) is 7.27. The number of carboxylic acids is 1. The van der Waals surface area contributed by atoms with Gasteiger partial charge in [-0.25, -0.2) is 4.79 Å². The topological polar surface area (TPSA) is 98.7 Å². The molecule has 1 saturated heterocycles. The Hall–Kier alpha value is -2.57. The van der Waals surface area contributed by atoms with Crippen LogP contribution in [0.15, 0.2) is 30.3 Å². The summed E-state index contributed by atoms with van der Waals surface area (Å²) in [7, 11) is 0. The minimum absolute atomic E-state index is 0.0380. The molecule has 1 unspecified atom stereocenters. The predicted molar refractivity (Wildman–Crippen MR) is 96.7 cm³/mol. The maximum atomic E-state index is 12.7. The number of amides is 3. The van der Waals surface area contributed by atoms with Crippen molar-refractivity contribution >= 4 is 23.6 Å². The van der Waals surface area contributed by atoms with Gasteiger partial charge in [0, 0.05) is 18.8 Å². The first-order chi connectivity index (χ1) is 12.5. The van der Waals surface area contributed by atoms with Gasteiger partial charge in [-0.3, -0.25) is 9.59 Å². The number of carboxylic acid groups (broad SMARTS) is 1. The Labute approximate surface area is 152 Å². The lowest BCUT2D eigenvalue weighted by Crippen LogP contribution is -2.57. The molecule has 0 spiro atoms. The van der Waals surface area contributed by atoms with Crippen LogP contribution in [0.25, 0.3) is 0 Å². The first-order valence-electron chi connectivity index (χ1n) is 9.12. The highest BCUT2D eigenvalue weighted by Gasteiger charge is 2.42. The third-order valence-corrected chi connectivity index (χ3v) is 5.29. The van der Waals surface area contributed by atoms with Gasteiger partial charge >= 0.3 is 12.0 Å². The highest BCUT2D eigenvalue weighted by Crippen LogP contribution is 2.35. The molecule has 1 aliphatic heterocycles. The van der Waals surface area contributed by atoms with E-state index in [0.717, 1.165) is 18.5 Å². The van der Waals surface area contributed by atoms with E-state index in [4.69, 9.17) is 5.11 Å². The zero-order valence-corrected chi connectivity index (χ0v) is 14.7. The zero-order chi connectivity index (χ0) is 18.6. The Bertz CT molecular complexity index is 673. The number of nitrogens with zero attached hydrogens (tertiary/aromatic N) is 1. The lowest BCUT2D eigenvalue weighted by atomic mass is 9.74. The fourth-order valence-electron chi connectivity index (χ4n) is 3.70.